The largest absolute Gasteiger partial charge is 0.391 e. The number of aromatic nitrogens is 1. The van der Waals surface area contributed by atoms with Gasteiger partial charge in [-0.2, -0.15) is 5.26 Å². The summed E-state index contributed by atoms with van der Waals surface area (Å²) in [5.74, 6) is -2.08. The summed E-state index contributed by atoms with van der Waals surface area (Å²) in [5, 5.41) is 34.2. The third-order valence-corrected chi connectivity index (χ3v) is 6.72. The van der Waals surface area contributed by atoms with E-state index in [2.05, 4.69) is 26.4 Å². The number of aliphatic hydroxyl groups is 1. The van der Waals surface area contributed by atoms with E-state index in [1.54, 1.807) is 31.2 Å². The van der Waals surface area contributed by atoms with E-state index < -0.39 is 47.4 Å². The van der Waals surface area contributed by atoms with Crippen molar-refractivity contribution in [2.24, 2.45) is 0 Å². The number of rotatable bonds is 12. The van der Waals surface area contributed by atoms with Gasteiger partial charge in [0.1, 0.15) is 29.5 Å². The number of hydrogen-bond acceptors (Lipinski definition) is 8. The molecule has 242 valence electrons. The number of aryl methyl sites for hydroxylation is 2. The first-order chi connectivity index (χ1) is 21.6. The molecule has 1 heterocycles. The van der Waals surface area contributed by atoms with Crippen molar-refractivity contribution in [3.8, 4) is 6.07 Å². The second-order valence-electron chi connectivity index (χ2n) is 12.1. The molecule has 3 aromatic rings. The Bertz CT molecular complexity index is 1610. The molecule has 0 bridgehead atoms. The number of amides is 4. The molecule has 0 unspecified atom stereocenters. The minimum Gasteiger partial charge on any atom is -0.391 e. The molecule has 0 aliphatic carbocycles. The van der Waals surface area contributed by atoms with Crippen LogP contribution in [0.5, 0.6) is 0 Å². The SMILES string of the molecule is Cc1ccc(CNC(=O)[C@H](Cc2ccc(C=C(C#N)C(=O)NC(C)(C)C)cc2)NC(=O)[C@@H](NC(=O)c2cc(C)on2)[C@@H](C)O)cc1. The molecule has 0 radical (unpaired) electrons. The number of carbonyl (C=O) groups is 4. The molecular formula is C34H40N6O6. The summed E-state index contributed by atoms with van der Waals surface area (Å²) in [5.41, 5.74) is 2.56. The highest BCUT2D eigenvalue weighted by molar-refractivity contribution is 6.02. The summed E-state index contributed by atoms with van der Waals surface area (Å²) < 4.78 is 4.92. The Morgan fingerprint density at radius 1 is 0.978 bits per heavy atom. The van der Waals surface area contributed by atoms with Gasteiger partial charge in [-0.25, -0.2) is 0 Å². The van der Waals surface area contributed by atoms with Crippen LogP contribution in [0, 0.1) is 25.2 Å². The average Bonchev–Trinajstić information content (AvgIpc) is 3.43. The van der Waals surface area contributed by atoms with E-state index >= 15 is 0 Å². The first kappa shape index (κ1) is 35.2. The van der Waals surface area contributed by atoms with Crippen LogP contribution in [0.1, 0.15) is 66.2 Å². The molecule has 0 aliphatic heterocycles. The highest BCUT2D eigenvalue weighted by Crippen LogP contribution is 2.13. The zero-order chi connectivity index (χ0) is 34.0. The maximum atomic E-state index is 13.4. The maximum Gasteiger partial charge on any atom is 0.274 e. The molecule has 3 atom stereocenters. The lowest BCUT2D eigenvalue weighted by molar-refractivity contribution is -0.131. The lowest BCUT2D eigenvalue weighted by atomic mass is 10.0. The van der Waals surface area contributed by atoms with Crippen LogP contribution in [0.15, 0.2) is 64.7 Å². The molecule has 46 heavy (non-hydrogen) atoms. The summed E-state index contributed by atoms with van der Waals surface area (Å²) in [6.07, 6.45) is 0.225. The van der Waals surface area contributed by atoms with Crippen molar-refractivity contribution in [3.05, 3.63) is 93.9 Å². The minimum atomic E-state index is -1.40. The molecule has 0 spiro atoms. The van der Waals surface area contributed by atoms with Gasteiger partial charge in [-0.15, -0.1) is 0 Å². The number of nitrogens with zero attached hydrogens (tertiary/aromatic N) is 2. The van der Waals surface area contributed by atoms with Crippen LogP contribution in [-0.4, -0.2) is 57.6 Å². The fourth-order valence-electron chi connectivity index (χ4n) is 4.29. The lowest BCUT2D eigenvalue weighted by Gasteiger charge is -2.24. The van der Waals surface area contributed by atoms with Crippen LogP contribution in [0.25, 0.3) is 6.08 Å². The summed E-state index contributed by atoms with van der Waals surface area (Å²) in [7, 11) is 0. The predicted molar refractivity (Wildman–Crippen MR) is 171 cm³/mol. The zero-order valence-electron chi connectivity index (χ0n) is 26.8. The van der Waals surface area contributed by atoms with Crippen LogP contribution in [0.3, 0.4) is 0 Å². The van der Waals surface area contributed by atoms with Crippen LogP contribution in [0.2, 0.25) is 0 Å². The summed E-state index contributed by atoms with van der Waals surface area (Å²) in [6, 6.07) is 15.3. The standard InChI is InChI=1S/C34H40N6O6/c1-20-7-9-25(10-8-20)19-36-31(43)27(37-33(45)29(22(3)41)38-32(44)28-15-21(2)46-40-28)17-24-13-11-23(12-14-24)16-26(18-35)30(42)39-34(4,5)6/h7-16,22,27,29,41H,17,19H2,1-6H3,(H,36,43)(H,37,45)(H,38,44)(H,39,42)/t22-,27+,29+/m1/s1. The molecule has 4 amide bonds. The third-order valence-electron chi connectivity index (χ3n) is 6.72. The van der Waals surface area contributed by atoms with Crippen molar-refractivity contribution in [3.63, 3.8) is 0 Å². The Balaban J connectivity index is 1.80. The Morgan fingerprint density at radius 3 is 2.15 bits per heavy atom. The van der Waals surface area contributed by atoms with Gasteiger partial charge in [0.15, 0.2) is 5.69 Å². The van der Waals surface area contributed by atoms with Crippen LogP contribution < -0.4 is 21.3 Å². The Hall–Kier alpha value is -5.28. The first-order valence-electron chi connectivity index (χ1n) is 14.7. The van der Waals surface area contributed by atoms with Gasteiger partial charge in [0.05, 0.1) is 6.10 Å². The smallest absolute Gasteiger partial charge is 0.274 e. The van der Waals surface area contributed by atoms with Crippen molar-refractivity contribution in [1.82, 2.24) is 26.4 Å². The Morgan fingerprint density at radius 2 is 1.61 bits per heavy atom. The monoisotopic (exact) mass is 628 g/mol. The lowest BCUT2D eigenvalue weighted by Crippen LogP contribution is -2.57. The fraction of sp³-hybridized carbons (Fsp3) is 0.353. The predicted octanol–water partition coefficient (Wildman–Crippen LogP) is 2.64. The van der Waals surface area contributed by atoms with Crippen molar-refractivity contribution in [2.75, 3.05) is 0 Å². The third kappa shape index (κ3) is 10.7. The number of nitriles is 1. The normalized spacial score (nSPS) is 13.5. The molecule has 1 aromatic heterocycles. The molecular weight excluding hydrogens is 588 g/mol. The van der Waals surface area contributed by atoms with E-state index in [0.717, 1.165) is 11.1 Å². The van der Waals surface area contributed by atoms with Gasteiger partial charge in [-0.05, 0) is 64.3 Å². The summed E-state index contributed by atoms with van der Waals surface area (Å²) in [6.45, 7) is 10.6. The van der Waals surface area contributed by atoms with Crippen molar-refractivity contribution < 1.29 is 28.8 Å². The fourth-order valence-corrected chi connectivity index (χ4v) is 4.29. The second-order valence-corrected chi connectivity index (χ2v) is 12.1. The molecule has 2 aromatic carbocycles. The number of hydrogen-bond donors (Lipinski definition) is 5. The number of carbonyl (C=O) groups excluding carboxylic acids is 4. The van der Waals surface area contributed by atoms with E-state index in [4.69, 9.17) is 4.52 Å². The topological polar surface area (TPSA) is 186 Å². The van der Waals surface area contributed by atoms with E-state index in [-0.39, 0.29) is 24.2 Å². The van der Waals surface area contributed by atoms with Crippen LogP contribution >= 0.6 is 0 Å². The van der Waals surface area contributed by atoms with Gasteiger partial charge in [0.25, 0.3) is 11.8 Å². The number of aliphatic hydroxyl groups excluding tert-OH is 1. The minimum absolute atomic E-state index is 0.0599. The Labute approximate surface area is 268 Å². The average molecular weight is 629 g/mol. The summed E-state index contributed by atoms with van der Waals surface area (Å²) in [4.78, 5) is 51.9. The zero-order valence-corrected chi connectivity index (χ0v) is 26.8. The highest BCUT2D eigenvalue weighted by atomic mass is 16.5. The molecule has 0 fully saturated rings. The second kappa shape index (κ2) is 15.6. The number of benzene rings is 2. The van der Waals surface area contributed by atoms with Crippen LogP contribution in [0.4, 0.5) is 0 Å². The van der Waals surface area contributed by atoms with E-state index in [1.807, 2.05) is 58.0 Å². The van der Waals surface area contributed by atoms with Gasteiger partial charge >= 0.3 is 0 Å². The van der Waals surface area contributed by atoms with Crippen molar-refractivity contribution >= 4 is 29.7 Å². The van der Waals surface area contributed by atoms with E-state index in [9.17, 15) is 29.5 Å². The van der Waals surface area contributed by atoms with Crippen molar-refractivity contribution in [1.29, 1.82) is 5.26 Å². The quantitative estimate of drug-likeness (QED) is 0.150. The molecule has 3 rings (SSSR count). The molecule has 5 N–H and O–H groups in total. The maximum absolute atomic E-state index is 13.4. The van der Waals surface area contributed by atoms with Crippen LogP contribution in [-0.2, 0) is 27.3 Å². The Kier molecular flexibility index (Phi) is 12.0. The van der Waals surface area contributed by atoms with Gasteiger partial charge < -0.3 is 30.9 Å². The van der Waals surface area contributed by atoms with Crippen molar-refractivity contribution in [2.45, 2.75) is 78.2 Å². The molecule has 0 aliphatic rings. The number of nitrogens with one attached hydrogen (secondary N) is 4. The highest BCUT2D eigenvalue weighted by Gasteiger charge is 2.31. The first-order valence-corrected chi connectivity index (χ1v) is 14.7. The van der Waals surface area contributed by atoms with Gasteiger partial charge in [-0.1, -0.05) is 59.3 Å². The summed E-state index contributed by atoms with van der Waals surface area (Å²) >= 11 is 0. The van der Waals surface area contributed by atoms with E-state index in [1.165, 1.54) is 19.1 Å². The molecule has 0 saturated heterocycles. The molecule has 12 heteroatoms. The van der Waals surface area contributed by atoms with Gasteiger partial charge in [-0.3, -0.25) is 19.2 Å². The molecule has 12 nitrogen and oxygen atoms in total. The van der Waals surface area contributed by atoms with Gasteiger partial charge in [0.2, 0.25) is 11.8 Å². The van der Waals surface area contributed by atoms with Gasteiger partial charge in [0, 0.05) is 24.6 Å². The molecule has 0 saturated carbocycles. The van der Waals surface area contributed by atoms with E-state index in [0.29, 0.717) is 16.9 Å².